The Morgan fingerprint density at radius 1 is 1.31 bits per heavy atom. The lowest BCUT2D eigenvalue weighted by Gasteiger charge is -2.26. The highest BCUT2D eigenvalue weighted by molar-refractivity contribution is 8.13. The molecule has 6 atom stereocenters. The molecule has 0 aliphatic carbocycles. The molecule has 2 unspecified atom stereocenters. The number of carbonyl (C=O) groups is 2. The van der Waals surface area contributed by atoms with Gasteiger partial charge in [-0.2, -0.15) is 9.97 Å². The topological polar surface area (TPSA) is 219 Å². The number of nitrogen functional groups attached to an aromatic ring is 1. The lowest BCUT2D eigenvalue weighted by Crippen LogP contribution is -2.40. The fourth-order valence-corrected chi connectivity index (χ4v) is 6.83. The van der Waals surface area contributed by atoms with Gasteiger partial charge in [0.05, 0.1) is 44.3 Å². The second kappa shape index (κ2) is 15.2. The van der Waals surface area contributed by atoms with E-state index in [-0.39, 0.29) is 41.6 Å². The molecule has 0 radical (unpaired) electrons. The van der Waals surface area contributed by atoms with Gasteiger partial charge in [-0.1, -0.05) is 11.8 Å². The Morgan fingerprint density at radius 2 is 2.00 bits per heavy atom. The highest BCUT2D eigenvalue weighted by atomic mass is 35.5. The van der Waals surface area contributed by atoms with E-state index < -0.39 is 61.2 Å². The number of hydrogen-bond acceptors (Lipinski definition) is 15. The lowest BCUT2D eigenvalue weighted by atomic mass is 9.97. The first kappa shape index (κ1) is 37.4. The number of nitrogens with two attached hydrogens (primary N) is 1. The average molecular weight is 697 g/mol. The highest BCUT2D eigenvalue weighted by Gasteiger charge is 2.54. The van der Waals surface area contributed by atoms with Crippen LogP contribution in [0.4, 0.5) is 5.95 Å². The Kier molecular flexibility index (Phi) is 12.6. The zero-order valence-corrected chi connectivity index (χ0v) is 28.7. The number of nitrogens with zero attached hydrogens (tertiary/aromatic N) is 4. The Hall–Kier alpha value is -2.08. The predicted molar refractivity (Wildman–Crippen MR) is 167 cm³/mol. The Labute approximate surface area is 270 Å². The standard InChI is InChI=1S/C26H42ClN6O10PS/c1-8-39-20-17-19(30-24(28)31-20)33(13-29-17)22-26(7,27)18(35)16(43-22)11-41-44(38,32-15(4)21(36)42-14(2)3)40-9-10-45-23(37)25(5,6)12-34/h13-16,18,22,34-35H,8-12H2,1-7H3,(H,32,38)(H2,28,30,31)/t15?,16-,18-,22-,26-,44?/m1/s1. The molecule has 16 nitrogen and oxygen atoms in total. The third-order valence-corrected chi connectivity index (χ3v) is 9.96. The molecule has 0 amide bonds. The second-order valence-electron chi connectivity index (χ2n) is 11.4. The van der Waals surface area contributed by atoms with Crippen molar-refractivity contribution < 1.29 is 47.6 Å². The Bertz CT molecular complexity index is 1400. The van der Waals surface area contributed by atoms with Crippen LogP contribution in [0.1, 0.15) is 54.7 Å². The summed E-state index contributed by atoms with van der Waals surface area (Å²) in [5.41, 5.74) is 5.46. The van der Waals surface area contributed by atoms with Gasteiger partial charge in [-0.15, -0.1) is 11.6 Å². The highest BCUT2D eigenvalue weighted by Crippen LogP contribution is 2.48. The molecule has 19 heteroatoms. The molecule has 1 saturated heterocycles. The number of nitrogens with one attached hydrogen (secondary N) is 1. The van der Waals surface area contributed by atoms with Crippen LogP contribution < -0.4 is 15.6 Å². The predicted octanol–water partition coefficient (Wildman–Crippen LogP) is 2.41. The van der Waals surface area contributed by atoms with Crippen LogP contribution in [0.15, 0.2) is 6.33 Å². The number of aromatic nitrogens is 4. The minimum atomic E-state index is -4.27. The van der Waals surface area contributed by atoms with Crippen molar-refractivity contribution in [1.82, 2.24) is 24.6 Å². The van der Waals surface area contributed by atoms with E-state index in [4.69, 9.17) is 40.6 Å². The molecule has 3 rings (SSSR count). The normalized spacial score (nSPS) is 24.1. The number of anilines is 1. The van der Waals surface area contributed by atoms with Crippen LogP contribution in [0, 0.1) is 5.41 Å². The van der Waals surface area contributed by atoms with Crippen molar-refractivity contribution in [2.24, 2.45) is 5.41 Å². The zero-order valence-electron chi connectivity index (χ0n) is 26.3. The molecule has 2 aromatic rings. The molecule has 5 N–H and O–H groups in total. The Balaban J connectivity index is 1.78. The molecule has 254 valence electrons. The van der Waals surface area contributed by atoms with Crippen LogP contribution in [0.2, 0.25) is 0 Å². The summed E-state index contributed by atoms with van der Waals surface area (Å²) < 4.78 is 43.3. The van der Waals surface area contributed by atoms with Gasteiger partial charge in [-0.25, -0.2) is 14.6 Å². The SMILES string of the molecule is CCOc1nc(N)nc2c1ncn2[C@@H]1O[C@H](COP(=O)(NC(C)C(=O)OC(C)C)OCCSC(=O)C(C)(C)CO)[C@@H](O)[C@@]1(C)Cl. The van der Waals surface area contributed by atoms with E-state index in [1.54, 1.807) is 41.5 Å². The van der Waals surface area contributed by atoms with E-state index >= 15 is 0 Å². The second-order valence-corrected chi connectivity index (χ2v) is 15.1. The summed E-state index contributed by atoms with van der Waals surface area (Å²) in [5, 5.41) is 22.8. The number of esters is 1. The molecule has 1 aliphatic heterocycles. The van der Waals surface area contributed by atoms with Gasteiger partial charge < -0.3 is 30.2 Å². The van der Waals surface area contributed by atoms with E-state index in [9.17, 15) is 24.4 Å². The number of aliphatic hydroxyl groups excluding tert-OH is 2. The molecule has 2 aromatic heterocycles. The van der Waals surface area contributed by atoms with Crippen molar-refractivity contribution in [3.63, 3.8) is 0 Å². The summed E-state index contributed by atoms with van der Waals surface area (Å²) in [5.74, 6) is -0.523. The Morgan fingerprint density at radius 3 is 2.62 bits per heavy atom. The summed E-state index contributed by atoms with van der Waals surface area (Å²) in [6.07, 6.45) is -2.54. The first-order valence-electron chi connectivity index (χ1n) is 14.3. The van der Waals surface area contributed by atoms with Crippen molar-refractivity contribution in [2.45, 2.75) is 83.9 Å². The number of ether oxygens (including phenoxy) is 3. The number of hydrogen-bond donors (Lipinski definition) is 4. The molecular formula is C26H42ClN6O10PS. The van der Waals surface area contributed by atoms with Crippen LogP contribution in [0.3, 0.4) is 0 Å². The van der Waals surface area contributed by atoms with Crippen molar-refractivity contribution >= 4 is 59.3 Å². The van der Waals surface area contributed by atoms with Gasteiger partial charge in [0.25, 0.3) is 0 Å². The van der Waals surface area contributed by atoms with E-state index in [2.05, 4.69) is 20.0 Å². The lowest BCUT2D eigenvalue weighted by molar-refractivity contribution is -0.149. The van der Waals surface area contributed by atoms with Crippen LogP contribution in [-0.2, 0) is 32.7 Å². The van der Waals surface area contributed by atoms with Crippen LogP contribution >= 0.6 is 31.1 Å². The number of imidazole rings is 1. The van der Waals surface area contributed by atoms with Crippen LogP contribution in [0.5, 0.6) is 5.88 Å². The van der Waals surface area contributed by atoms with Crippen molar-refractivity contribution in [3.05, 3.63) is 6.33 Å². The van der Waals surface area contributed by atoms with Crippen molar-refractivity contribution in [1.29, 1.82) is 0 Å². The zero-order chi connectivity index (χ0) is 33.7. The van der Waals surface area contributed by atoms with Gasteiger partial charge in [0.15, 0.2) is 22.5 Å². The largest absolute Gasteiger partial charge is 0.476 e. The summed E-state index contributed by atoms with van der Waals surface area (Å²) in [7, 11) is -4.27. The molecule has 3 heterocycles. The smallest absolute Gasteiger partial charge is 0.406 e. The molecular weight excluding hydrogens is 655 g/mol. The molecule has 1 fully saturated rings. The van der Waals surface area contributed by atoms with E-state index in [1.165, 1.54) is 17.8 Å². The van der Waals surface area contributed by atoms with Crippen molar-refractivity contribution in [2.75, 3.05) is 37.9 Å². The molecule has 45 heavy (non-hydrogen) atoms. The maximum atomic E-state index is 13.8. The fourth-order valence-electron chi connectivity index (χ4n) is 4.13. The number of halogens is 1. The summed E-state index contributed by atoms with van der Waals surface area (Å²) in [6, 6.07) is -1.11. The van der Waals surface area contributed by atoms with Crippen LogP contribution in [0.25, 0.3) is 11.2 Å². The van der Waals surface area contributed by atoms with Crippen LogP contribution in [-0.4, -0.2) is 102 Å². The van der Waals surface area contributed by atoms with Gasteiger partial charge in [0, 0.05) is 5.75 Å². The number of thioether (sulfide) groups is 1. The van der Waals surface area contributed by atoms with Gasteiger partial charge in [-0.05, 0) is 48.5 Å². The molecule has 0 spiro atoms. The van der Waals surface area contributed by atoms with Crippen molar-refractivity contribution in [3.8, 4) is 5.88 Å². The first-order chi connectivity index (χ1) is 21.0. The summed E-state index contributed by atoms with van der Waals surface area (Å²) in [6.45, 7) is 10.5. The minimum absolute atomic E-state index is 0.0727. The van der Waals surface area contributed by atoms with Gasteiger partial charge >= 0.3 is 13.7 Å². The third-order valence-electron chi connectivity index (χ3n) is 6.65. The maximum Gasteiger partial charge on any atom is 0.406 e. The van der Waals surface area contributed by atoms with Gasteiger partial charge in [0.1, 0.15) is 23.1 Å². The number of carbonyl (C=O) groups excluding carboxylic acids is 2. The maximum absolute atomic E-state index is 13.8. The number of rotatable bonds is 16. The average Bonchev–Trinajstić information content (AvgIpc) is 3.47. The quantitative estimate of drug-likeness (QED) is 0.0857. The van der Waals surface area contributed by atoms with Gasteiger partial charge in [0.2, 0.25) is 11.8 Å². The number of fused-ring (bicyclic) bond motifs is 1. The van der Waals surface area contributed by atoms with Gasteiger partial charge in [-0.3, -0.25) is 23.2 Å². The van der Waals surface area contributed by atoms with E-state index in [0.717, 1.165) is 11.8 Å². The number of aliphatic hydroxyl groups is 2. The third kappa shape index (κ3) is 9.05. The molecule has 0 bridgehead atoms. The molecule has 0 aromatic carbocycles. The van der Waals surface area contributed by atoms with E-state index in [0.29, 0.717) is 12.1 Å². The minimum Gasteiger partial charge on any atom is -0.476 e. The van der Waals surface area contributed by atoms with E-state index in [1.807, 2.05) is 0 Å². The fraction of sp³-hybridized carbons (Fsp3) is 0.731. The molecule has 0 saturated carbocycles. The molecule has 1 aliphatic rings. The number of alkyl halides is 1. The first-order valence-corrected chi connectivity index (χ1v) is 17.2. The summed E-state index contributed by atoms with van der Waals surface area (Å²) in [4.78, 5) is 36.0. The monoisotopic (exact) mass is 696 g/mol. The summed E-state index contributed by atoms with van der Waals surface area (Å²) >= 11 is 7.69.